The predicted molar refractivity (Wildman–Crippen MR) is 126 cm³/mol. The van der Waals surface area contributed by atoms with Gasteiger partial charge in [-0.2, -0.15) is 0 Å². The summed E-state index contributed by atoms with van der Waals surface area (Å²) in [7, 11) is 0. The van der Waals surface area contributed by atoms with E-state index in [1.165, 1.54) is 6.92 Å². The van der Waals surface area contributed by atoms with Crippen molar-refractivity contribution in [1.29, 1.82) is 0 Å². The van der Waals surface area contributed by atoms with Crippen LogP contribution in [0.1, 0.15) is 51.5 Å². The lowest BCUT2D eigenvalue weighted by molar-refractivity contribution is -0.149. The molecular weight excluding hydrogens is 497 g/mol. The SMILES string of the molecule is CCCCC(N[C@@H](C)C(=O)N1C[C@@H](NC(=O)C[C@H](N)Cc2cc(F)c(F)cc2F)C[C@H]1C(=O)O)C(=O)O. The minimum Gasteiger partial charge on any atom is -0.480 e. The van der Waals surface area contributed by atoms with E-state index in [0.29, 0.717) is 25.0 Å². The predicted octanol–water partition coefficient (Wildman–Crippen LogP) is 1.16. The van der Waals surface area contributed by atoms with Crippen LogP contribution in [0.2, 0.25) is 0 Å². The molecule has 206 valence electrons. The van der Waals surface area contributed by atoms with Crippen molar-refractivity contribution >= 4 is 23.8 Å². The van der Waals surface area contributed by atoms with Crippen LogP contribution >= 0.6 is 0 Å². The second kappa shape index (κ2) is 13.4. The fourth-order valence-corrected chi connectivity index (χ4v) is 4.33. The molecule has 1 unspecified atom stereocenters. The Morgan fingerprint density at radius 1 is 1.14 bits per heavy atom. The van der Waals surface area contributed by atoms with Crippen LogP contribution < -0.4 is 16.4 Å². The van der Waals surface area contributed by atoms with Gasteiger partial charge in [-0.1, -0.05) is 19.8 Å². The van der Waals surface area contributed by atoms with Gasteiger partial charge in [-0.05, 0) is 31.4 Å². The van der Waals surface area contributed by atoms with E-state index in [4.69, 9.17) is 5.73 Å². The number of benzene rings is 1. The maximum atomic E-state index is 13.8. The Hall–Kier alpha value is -3.19. The van der Waals surface area contributed by atoms with Gasteiger partial charge >= 0.3 is 11.9 Å². The summed E-state index contributed by atoms with van der Waals surface area (Å²) in [5.41, 5.74) is 5.68. The molecule has 0 aliphatic carbocycles. The van der Waals surface area contributed by atoms with Gasteiger partial charge in [0.15, 0.2) is 11.6 Å². The van der Waals surface area contributed by atoms with E-state index in [1.807, 2.05) is 6.92 Å². The number of carbonyl (C=O) groups excluding carboxylic acids is 2. The Bertz CT molecular complexity index is 1010. The van der Waals surface area contributed by atoms with Crippen LogP contribution in [0.4, 0.5) is 13.2 Å². The number of unbranched alkanes of at least 4 members (excludes halogenated alkanes) is 1. The second-order valence-electron chi connectivity index (χ2n) is 9.29. The van der Waals surface area contributed by atoms with Gasteiger partial charge in [-0.15, -0.1) is 0 Å². The van der Waals surface area contributed by atoms with Gasteiger partial charge in [-0.25, -0.2) is 18.0 Å². The lowest BCUT2D eigenvalue weighted by Crippen LogP contribution is -2.53. The summed E-state index contributed by atoms with van der Waals surface area (Å²) in [6, 6.07) is -3.76. The molecule has 1 aliphatic heterocycles. The summed E-state index contributed by atoms with van der Waals surface area (Å²) < 4.78 is 40.3. The molecule has 5 atom stereocenters. The van der Waals surface area contributed by atoms with E-state index >= 15 is 0 Å². The number of carboxylic acid groups (broad SMARTS) is 2. The van der Waals surface area contributed by atoms with Crippen LogP contribution in [0.15, 0.2) is 12.1 Å². The van der Waals surface area contributed by atoms with Crippen LogP contribution in [-0.4, -0.2) is 75.6 Å². The zero-order valence-corrected chi connectivity index (χ0v) is 20.7. The Labute approximate surface area is 212 Å². The first-order chi connectivity index (χ1) is 17.3. The van der Waals surface area contributed by atoms with Gasteiger partial charge in [0.05, 0.1) is 6.04 Å². The average molecular weight is 531 g/mol. The molecule has 2 rings (SSSR count). The lowest BCUT2D eigenvalue weighted by Gasteiger charge is -2.27. The highest BCUT2D eigenvalue weighted by molar-refractivity contribution is 5.88. The van der Waals surface area contributed by atoms with Crippen molar-refractivity contribution in [2.24, 2.45) is 5.73 Å². The summed E-state index contributed by atoms with van der Waals surface area (Å²) in [5.74, 6) is -7.17. The van der Waals surface area contributed by atoms with Gasteiger partial charge in [0.1, 0.15) is 17.9 Å². The number of amides is 2. The molecule has 1 aliphatic rings. The Morgan fingerprint density at radius 2 is 1.78 bits per heavy atom. The van der Waals surface area contributed by atoms with E-state index < -0.39 is 71.4 Å². The van der Waals surface area contributed by atoms with E-state index in [-0.39, 0.29) is 31.4 Å². The first-order valence-electron chi connectivity index (χ1n) is 12.0. The van der Waals surface area contributed by atoms with Crippen LogP contribution in [0.25, 0.3) is 0 Å². The van der Waals surface area contributed by atoms with Crippen molar-refractivity contribution in [3.63, 3.8) is 0 Å². The number of hydrogen-bond acceptors (Lipinski definition) is 6. The van der Waals surface area contributed by atoms with Gasteiger partial charge < -0.3 is 26.2 Å². The standard InChI is InChI=1S/C24H33F3N4O6/c1-3-4-5-19(23(34)35)29-12(2)22(33)31-11-15(9-20(31)24(36)37)30-21(32)8-14(28)6-13-7-17(26)18(27)10-16(13)25/h7,10,12,14-15,19-20,29H,3-6,8-9,11,28H2,1-2H3,(H,30,32)(H,34,35)(H,36,37)/t12-,14+,15-,19?,20-/m0/s1. The van der Waals surface area contributed by atoms with Crippen LogP contribution in [-0.2, 0) is 25.6 Å². The quantitative estimate of drug-likeness (QED) is 0.237. The number of carboxylic acids is 2. The number of carbonyl (C=O) groups is 4. The molecule has 0 bridgehead atoms. The third kappa shape index (κ3) is 8.42. The topological polar surface area (TPSA) is 162 Å². The molecule has 2 amide bonds. The molecule has 1 aromatic carbocycles. The highest BCUT2D eigenvalue weighted by Gasteiger charge is 2.42. The first kappa shape index (κ1) is 30.0. The number of rotatable bonds is 13. The van der Waals surface area contributed by atoms with Gasteiger partial charge in [0.25, 0.3) is 0 Å². The van der Waals surface area contributed by atoms with E-state index in [2.05, 4.69) is 10.6 Å². The zero-order valence-electron chi connectivity index (χ0n) is 20.7. The highest BCUT2D eigenvalue weighted by Crippen LogP contribution is 2.21. The summed E-state index contributed by atoms with van der Waals surface area (Å²) in [4.78, 5) is 49.8. The smallest absolute Gasteiger partial charge is 0.326 e. The maximum Gasteiger partial charge on any atom is 0.326 e. The summed E-state index contributed by atoms with van der Waals surface area (Å²) in [5, 5.41) is 24.3. The van der Waals surface area contributed by atoms with Crippen molar-refractivity contribution in [3.8, 4) is 0 Å². The monoisotopic (exact) mass is 530 g/mol. The molecule has 6 N–H and O–H groups in total. The minimum absolute atomic E-state index is 0.0786. The summed E-state index contributed by atoms with van der Waals surface area (Å²) in [6.07, 6.45) is 1.07. The van der Waals surface area contributed by atoms with Crippen molar-refractivity contribution in [3.05, 3.63) is 35.1 Å². The van der Waals surface area contributed by atoms with Gasteiger partial charge in [0.2, 0.25) is 11.8 Å². The van der Waals surface area contributed by atoms with Gasteiger partial charge in [0, 0.05) is 37.5 Å². The fraction of sp³-hybridized carbons (Fsp3) is 0.583. The second-order valence-corrected chi connectivity index (χ2v) is 9.29. The number of halogens is 3. The van der Waals surface area contributed by atoms with Crippen molar-refractivity contribution < 1.29 is 42.6 Å². The van der Waals surface area contributed by atoms with Crippen molar-refractivity contribution in [1.82, 2.24) is 15.5 Å². The number of hydrogen-bond donors (Lipinski definition) is 5. The number of likely N-dealkylation sites (tertiary alicyclic amines) is 1. The fourth-order valence-electron chi connectivity index (χ4n) is 4.33. The molecule has 0 saturated carbocycles. The van der Waals surface area contributed by atoms with E-state index in [0.717, 1.165) is 11.3 Å². The minimum atomic E-state index is -1.34. The Morgan fingerprint density at radius 3 is 2.38 bits per heavy atom. The molecular formula is C24H33F3N4O6. The molecule has 0 aromatic heterocycles. The molecule has 1 aromatic rings. The number of nitrogens with two attached hydrogens (primary N) is 1. The summed E-state index contributed by atoms with van der Waals surface area (Å²) in [6.45, 7) is 3.23. The molecule has 37 heavy (non-hydrogen) atoms. The van der Waals surface area contributed by atoms with Gasteiger partial charge in [-0.3, -0.25) is 19.7 Å². The average Bonchev–Trinajstić information content (AvgIpc) is 3.23. The van der Waals surface area contributed by atoms with Crippen molar-refractivity contribution in [2.75, 3.05) is 6.54 Å². The lowest BCUT2D eigenvalue weighted by atomic mass is 10.0. The molecule has 0 spiro atoms. The largest absolute Gasteiger partial charge is 0.480 e. The molecule has 1 saturated heterocycles. The van der Waals surface area contributed by atoms with Crippen molar-refractivity contribution in [2.45, 2.75) is 82.6 Å². The maximum absolute atomic E-state index is 13.8. The van der Waals surface area contributed by atoms with E-state index in [1.54, 1.807) is 0 Å². The molecule has 1 fully saturated rings. The first-order valence-corrected chi connectivity index (χ1v) is 12.0. The Kier molecular flexibility index (Phi) is 10.9. The van der Waals surface area contributed by atoms with E-state index in [9.17, 15) is 42.6 Å². The number of nitrogens with zero attached hydrogens (tertiary/aromatic N) is 1. The summed E-state index contributed by atoms with van der Waals surface area (Å²) >= 11 is 0. The third-order valence-electron chi connectivity index (χ3n) is 6.22. The number of aliphatic carboxylic acids is 2. The highest BCUT2D eigenvalue weighted by atomic mass is 19.2. The molecule has 0 radical (unpaired) electrons. The molecule has 1 heterocycles. The number of nitrogens with one attached hydrogen (secondary N) is 2. The normalized spacial score (nSPS) is 19.8. The zero-order chi connectivity index (χ0) is 27.9. The van der Waals surface area contributed by atoms with Crippen LogP contribution in [0.3, 0.4) is 0 Å². The molecule has 10 nitrogen and oxygen atoms in total. The third-order valence-corrected chi connectivity index (χ3v) is 6.22. The Balaban J connectivity index is 1.98. The van der Waals surface area contributed by atoms with Crippen LogP contribution in [0, 0.1) is 17.5 Å². The molecule has 13 heteroatoms. The van der Waals surface area contributed by atoms with Crippen LogP contribution in [0.5, 0.6) is 0 Å².